The summed E-state index contributed by atoms with van der Waals surface area (Å²) in [5, 5.41) is 10.8. The molecule has 0 aliphatic carbocycles. The smallest absolute Gasteiger partial charge is 0.232 e. The molecule has 1 aliphatic rings. The van der Waals surface area contributed by atoms with Crippen LogP contribution >= 0.6 is 0 Å². The van der Waals surface area contributed by atoms with Gasteiger partial charge in [-0.1, -0.05) is 6.92 Å². The maximum absolute atomic E-state index is 12.0. The Morgan fingerprint density at radius 2 is 2.06 bits per heavy atom. The van der Waals surface area contributed by atoms with Gasteiger partial charge in [-0.3, -0.25) is 14.9 Å². The van der Waals surface area contributed by atoms with Gasteiger partial charge in [0.15, 0.2) is 0 Å². The van der Waals surface area contributed by atoms with Crippen LogP contribution in [0.4, 0.5) is 0 Å². The van der Waals surface area contributed by atoms with E-state index >= 15 is 0 Å². The van der Waals surface area contributed by atoms with Gasteiger partial charge in [-0.15, -0.1) is 0 Å². The molecule has 1 aliphatic heterocycles. The third-order valence-corrected chi connectivity index (χ3v) is 2.98. The van der Waals surface area contributed by atoms with Crippen molar-refractivity contribution in [1.82, 2.24) is 4.90 Å². The maximum atomic E-state index is 12.0. The third kappa shape index (κ3) is 2.91. The zero-order valence-corrected chi connectivity index (χ0v) is 9.72. The minimum atomic E-state index is -0.782. The Bertz CT molecular complexity index is 264. The molecule has 0 radical (unpaired) electrons. The first-order chi connectivity index (χ1) is 7.57. The topological polar surface area (TPSA) is 72.7 Å². The molecule has 1 rings (SSSR count). The van der Waals surface area contributed by atoms with Crippen LogP contribution < -0.4 is 0 Å². The van der Waals surface area contributed by atoms with Gasteiger partial charge in [-0.2, -0.15) is 0 Å². The van der Waals surface area contributed by atoms with Crippen molar-refractivity contribution >= 4 is 5.91 Å². The van der Waals surface area contributed by atoms with Gasteiger partial charge in [-0.25, -0.2) is 0 Å². The van der Waals surface area contributed by atoms with Gasteiger partial charge in [0, 0.05) is 24.4 Å². The zero-order chi connectivity index (χ0) is 12.1. The van der Waals surface area contributed by atoms with Crippen molar-refractivity contribution in [2.45, 2.75) is 26.3 Å². The molecule has 1 saturated heterocycles. The Balaban J connectivity index is 2.60. The summed E-state index contributed by atoms with van der Waals surface area (Å²) in [6, 6.07) is -0.782. The van der Waals surface area contributed by atoms with Crippen molar-refractivity contribution in [3.63, 3.8) is 0 Å². The van der Waals surface area contributed by atoms with Gasteiger partial charge >= 0.3 is 0 Å². The van der Waals surface area contributed by atoms with Crippen LogP contribution in [0.15, 0.2) is 0 Å². The number of carbonyl (C=O) groups excluding carboxylic acids is 1. The van der Waals surface area contributed by atoms with Crippen LogP contribution in [-0.2, 0) is 9.53 Å². The second-order valence-electron chi connectivity index (χ2n) is 3.99. The number of ether oxygens (including phenoxy) is 1. The van der Waals surface area contributed by atoms with Crippen LogP contribution in [-0.4, -0.2) is 48.1 Å². The number of morpholine rings is 1. The van der Waals surface area contributed by atoms with E-state index in [4.69, 9.17) is 4.74 Å². The fourth-order valence-electron chi connectivity index (χ4n) is 1.92. The van der Waals surface area contributed by atoms with Crippen molar-refractivity contribution in [2.75, 3.05) is 26.3 Å². The summed E-state index contributed by atoms with van der Waals surface area (Å²) < 4.78 is 5.14. The van der Waals surface area contributed by atoms with Crippen LogP contribution in [0.5, 0.6) is 0 Å². The fourth-order valence-corrected chi connectivity index (χ4v) is 1.92. The van der Waals surface area contributed by atoms with Gasteiger partial charge in [0.1, 0.15) is 5.92 Å². The molecule has 92 valence electrons. The van der Waals surface area contributed by atoms with E-state index in [-0.39, 0.29) is 10.8 Å². The molecule has 0 aromatic rings. The first kappa shape index (κ1) is 12.9. The van der Waals surface area contributed by atoms with Crippen molar-refractivity contribution in [1.29, 1.82) is 0 Å². The highest BCUT2D eigenvalue weighted by Gasteiger charge is 2.34. The number of nitrogens with zero attached hydrogens (tertiary/aromatic N) is 2. The van der Waals surface area contributed by atoms with Gasteiger partial charge in [0.05, 0.1) is 13.2 Å². The summed E-state index contributed by atoms with van der Waals surface area (Å²) in [5.74, 6) is -0.690. The van der Waals surface area contributed by atoms with E-state index in [9.17, 15) is 14.9 Å². The molecule has 2 atom stereocenters. The average Bonchev–Trinajstić information content (AvgIpc) is 2.29. The molecule has 1 fully saturated rings. The molecule has 0 aromatic carbocycles. The minimum Gasteiger partial charge on any atom is -0.378 e. The maximum Gasteiger partial charge on any atom is 0.232 e. The highest BCUT2D eigenvalue weighted by Crippen LogP contribution is 2.14. The van der Waals surface area contributed by atoms with Gasteiger partial charge in [0.25, 0.3) is 0 Å². The van der Waals surface area contributed by atoms with Crippen LogP contribution in [0.3, 0.4) is 0 Å². The molecule has 0 spiro atoms. The molecule has 0 N–H and O–H groups in total. The molecule has 1 amide bonds. The summed E-state index contributed by atoms with van der Waals surface area (Å²) >= 11 is 0. The van der Waals surface area contributed by atoms with E-state index < -0.39 is 12.0 Å². The Kier molecular flexibility index (Phi) is 4.67. The van der Waals surface area contributed by atoms with E-state index in [2.05, 4.69) is 0 Å². The third-order valence-electron chi connectivity index (χ3n) is 2.98. The van der Waals surface area contributed by atoms with E-state index in [0.29, 0.717) is 32.7 Å². The molecular weight excluding hydrogens is 212 g/mol. The van der Waals surface area contributed by atoms with Gasteiger partial charge in [0.2, 0.25) is 11.9 Å². The lowest BCUT2D eigenvalue weighted by Crippen LogP contribution is -2.47. The second-order valence-corrected chi connectivity index (χ2v) is 3.99. The lowest BCUT2D eigenvalue weighted by Gasteiger charge is -2.29. The first-order valence-corrected chi connectivity index (χ1v) is 5.58. The zero-order valence-electron chi connectivity index (χ0n) is 9.72. The lowest BCUT2D eigenvalue weighted by atomic mass is 9.98. The first-order valence-electron chi connectivity index (χ1n) is 5.58. The number of carbonyl (C=O) groups is 1. The van der Waals surface area contributed by atoms with Crippen molar-refractivity contribution in [2.24, 2.45) is 5.92 Å². The van der Waals surface area contributed by atoms with E-state index in [1.807, 2.05) is 0 Å². The number of hydrogen-bond donors (Lipinski definition) is 0. The molecule has 6 heteroatoms. The highest BCUT2D eigenvalue weighted by atomic mass is 16.6. The van der Waals surface area contributed by atoms with Crippen LogP contribution in [0, 0.1) is 16.0 Å². The predicted octanol–water partition coefficient (Wildman–Crippen LogP) is 0.537. The second kappa shape index (κ2) is 5.79. The summed E-state index contributed by atoms with van der Waals surface area (Å²) in [7, 11) is 0. The number of hydrogen-bond acceptors (Lipinski definition) is 4. The SMILES string of the molecule is CC[C@@H]([C@@H](C)C(=O)N1CCOCC1)[N+](=O)[O-]. The summed E-state index contributed by atoms with van der Waals surface area (Å²) in [6.07, 6.45) is 0.379. The summed E-state index contributed by atoms with van der Waals surface area (Å²) in [5.41, 5.74) is 0. The molecular formula is C10H18N2O4. The molecule has 0 saturated carbocycles. The lowest BCUT2D eigenvalue weighted by molar-refractivity contribution is -0.529. The molecule has 0 aromatic heterocycles. The highest BCUT2D eigenvalue weighted by molar-refractivity contribution is 5.79. The Morgan fingerprint density at radius 1 is 1.50 bits per heavy atom. The van der Waals surface area contributed by atoms with Crippen molar-refractivity contribution in [3.05, 3.63) is 10.1 Å². The standard InChI is InChI=1S/C10H18N2O4/c1-3-9(12(14)15)8(2)10(13)11-4-6-16-7-5-11/h8-9H,3-7H2,1-2H3/t8-,9+/m1/s1. The summed E-state index contributed by atoms with van der Waals surface area (Å²) in [6.45, 7) is 5.49. The molecule has 0 bridgehead atoms. The Labute approximate surface area is 94.7 Å². The Morgan fingerprint density at radius 3 is 2.50 bits per heavy atom. The summed E-state index contributed by atoms with van der Waals surface area (Å²) in [4.78, 5) is 24.0. The predicted molar refractivity (Wildman–Crippen MR) is 57.6 cm³/mol. The molecule has 6 nitrogen and oxygen atoms in total. The van der Waals surface area contributed by atoms with Gasteiger partial charge < -0.3 is 9.64 Å². The fraction of sp³-hybridized carbons (Fsp3) is 0.900. The van der Waals surface area contributed by atoms with Crippen molar-refractivity contribution < 1.29 is 14.5 Å². The van der Waals surface area contributed by atoms with E-state index in [0.717, 1.165) is 0 Å². The molecule has 0 unspecified atom stereocenters. The minimum absolute atomic E-state index is 0.133. The quantitative estimate of drug-likeness (QED) is 0.522. The van der Waals surface area contributed by atoms with Gasteiger partial charge in [-0.05, 0) is 6.92 Å². The number of nitro groups is 1. The molecule has 1 heterocycles. The number of rotatable bonds is 4. The Hall–Kier alpha value is -1.17. The van der Waals surface area contributed by atoms with Crippen LogP contribution in [0.2, 0.25) is 0 Å². The van der Waals surface area contributed by atoms with Crippen molar-refractivity contribution in [3.8, 4) is 0 Å². The monoisotopic (exact) mass is 230 g/mol. The number of amides is 1. The van der Waals surface area contributed by atoms with E-state index in [1.54, 1.807) is 18.7 Å². The van der Waals surface area contributed by atoms with Crippen LogP contribution in [0.1, 0.15) is 20.3 Å². The largest absolute Gasteiger partial charge is 0.378 e. The normalized spacial score (nSPS) is 20.2. The van der Waals surface area contributed by atoms with E-state index in [1.165, 1.54) is 0 Å². The van der Waals surface area contributed by atoms with Crippen LogP contribution in [0.25, 0.3) is 0 Å². The molecule has 16 heavy (non-hydrogen) atoms. The average molecular weight is 230 g/mol.